The van der Waals surface area contributed by atoms with E-state index >= 15 is 0 Å². The fourth-order valence-electron chi connectivity index (χ4n) is 1.08. The highest BCUT2D eigenvalue weighted by Gasteiger charge is 2.23. The SMILES string of the molecule is CC[C@H](C)[C@H](NC(=O)COC)C(N)=O. The fraction of sp³-hybridized carbons (Fsp3) is 0.778. The molecule has 0 saturated carbocycles. The van der Waals surface area contributed by atoms with Crippen LogP contribution in [-0.2, 0) is 14.3 Å². The maximum Gasteiger partial charge on any atom is 0.246 e. The Morgan fingerprint density at radius 3 is 2.43 bits per heavy atom. The van der Waals surface area contributed by atoms with Gasteiger partial charge < -0.3 is 15.8 Å². The van der Waals surface area contributed by atoms with Crippen LogP contribution in [-0.4, -0.2) is 31.6 Å². The third kappa shape index (κ3) is 4.23. The Labute approximate surface area is 84.0 Å². The highest BCUT2D eigenvalue weighted by atomic mass is 16.5. The van der Waals surface area contributed by atoms with Crippen molar-refractivity contribution in [3.8, 4) is 0 Å². The number of amides is 2. The molecule has 0 fully saturated rings. The van der Waals surface area contributed by atoms with Crippen LogP contribution in [0.1, 0.15) is 20.3 Å². The van der Waals surface area contributed by atoms with Crippen molar-refractivity contribution in [3.05, 3.63) is 0 Å². The second-order valence-electron chi connectivity index (χ2n) is 3.27. The molecule has 0 saturated heterocycles. The van der Waals surface area contributed by atoms with Crippen molar-refractivity contribution in [2.24, 2.45) is 11.7 Å². The number of hydrogen-bond acceptors (Lipinski definition) is 3. The number of carbonyl (C=O) groups is 2. The molecule has 0 aromatic carbocycles. The Balaban J connectivity index is 4.23. The van der Waals surface area contributed by atoms with Gasteiger partial charge in [-0.3, -0.25) is 9.59 Å². The summed E-state index contributed by atoms with van der Waals surface area (Å²) in [4.78, 5) is 22.1. The smallest absolute Gasteiger partial charge is 0.246 e. The van der Waals surface area contributed by atoms with E-state index in [9.17, 15) is 9.59 Å². The quantitative estimate of drug-likeness (QED) is 0.617. The zero-order valence-corrected chi connectivity index (χ0v) is 8.87. The summed E-state index contributed by atoms with van der Waals surface area (Å²) in [6, 6.07) is -0.609. The molecule has 2 amide bonds. The Bertz CT molecular complexity index is 206. The predicted octanol–water partition coefficient (Wildman–Crippen LogP) is -0.351. The van der Waals surface area contributed by atoms with Crippen molar-refractivity contribution in [2.45, 2.75) is 26.3 Å². The van der Waals surface area contributed by atoms with E-state index in [4.69, 9.17) is 5.73 Å². The molecule has 0 rings (SSSR count). The summed E-state index contributed by atoms with van der Waals surface area (Å²) in [5, 5.41) is 2.53. The lowest BCUT2D eigenvalue weighted by Crippen LogP contribution is -2.49. The van der Waals surface area contributed by atoms with Crippen LogP contribution in [0.25, 0.3) is 0 Å². The average Bonchev–Trinajstić information content (AvgIpc) is 2.13. The minimum atomic E-state index is -0.609. The van der Waals surface area contributed by atoms with Crippen LogP contribution in [0.2, 0.25) is 0 Å². The molecule has 14 heavy (non-hydrogen) atoms. The van der Waals surface area contributed by atoms with Gasteiger partial charge in [0.15, 0.2) is 0 Å². The maximum absolute atomic E-state index is 11.1. The van der Waals surface area contributed by atoms with Crippen LogP contribution < -0.4 is 11.1 Å². The molecular formula is C9H18N2O3. The first-order chi connectivity index (χ1) is 6.52. The van der Waals surface area contributed by atoms with Crippen LogP contribution in [0.4, 0.5) is 0 Å². The van der Waals surface area contributed by atoms with Crippen molar-refractivity contribution in [2.75, 3.05) is 13.7 Å². The number of nitrogens with two attached hydrogens (primary N) is 1. The number of ether oxygens (including phenoxy) is 1. The van der Waals surface area contributed by atoms with E-state index in [1.165, 1.54) is 7.11 Å². The Morgan fingerprint density at radius 1 is 1.50 bits per heavy atom. The number of methoxy groups -OCH3 is 1. The summed E-state index contributed by atoms with van der Waals surface area (Å²) in [6.45, 7) is 3.74. The molecule has 0 aliphatic heterocycles. The van der Waals surface area contributed by atoms with E-state index in [1.54, 1.807) is 0 Å². The van der Waals surface area contributed by atoms with E-state index in [2.05, 4.69) is 10.1 Å². The molecule has 5 nitrogen and oxygen atoms in total. The summed E-state index contributed by atoms with van der Waals surface area (Å²) in [6.07, 6.45) is 0.779. The van der Waals surface area contributed by atoms with E-state index in [0.717, 1.165) is 6.42 Å². The molecule has 0 aliphatic rings. The van der Waals surface area contributed by atoms with Crippen molar-refractivity contribution < 1.29 is 14.3 Å². The zero-order valence-electron chi connectivity index (χ0n) is 8.87. The van der Waals surface area contributed by atoms with Crippen LogP contribution in [0, 0.1) is 5.92 Å². The first kappa shape index (κ1) is 12.9. The van der Waals surface area contributed by atoms with E-state index < -0.39 is 11.9 Å². The van der Waals surface area contributed by atoms with Crippen molar-refractivity contribution in [1.82, 2.24) is 5.32 Å². The van der Waals surface area contributed by atoms with Crippen LogP contribution >= 0.6 is 0 Å². The molecule has 82 valence electrons. The van der Waals surface area contributed by atoms with Crippen molar-refractivity contribution >= 4 is 11.8 Å². The molecule has 0 radical (unpaired) electrons. The van der Waals surface area contributed by atoms with E-state index in [0.29, 0.717) is 0 Å². The summed E-state index contributed by atoms with van der Waals surface area (Å²) in [5.41, 5.74) is 5.16. The van der Waals surface area contributed by atoms with Gasteiger partial charge in [0, 0.05) is 7.11 Å². The molecule has 0 spiro atoms. The highest BCUT2D eigenvalue weighted by Crippen LogP contribution is 2.06. The second-order valence-corrected chi connectivity index (χ2v) is 3.27. The topological polar surface area (TPSA) is 81.4 Å². The molecule has 0 unspecified atom stereocenters. The number of rotatable bonds is 6. The lowest BCUT2D eigenvalue weighted by atomic mass is 9.99. The van der Waals surface area contributed by atoms with Gasteiger partial charge in [0.2, 0.25) is 11.8 Å². The Kier molecular flexibility index (Phi) is 5.87. The first-order valence-electron chi connectivity index (χ1n) is 4.60. The Morgan fingerprint density at radius 2 is 2.07 bits per heavy atom. The maximum atomic E-state index is 11.1. The van der Waals surface area contributed by atoms with Gasteiger partial charge in [-0.15, -0.1) is 0 Å². The minimum absolute atomic E-state index is 0.0355. The average molecular weight is 202 g/mol. The second kappa shape index (κ2) is 6.37. The summed E-state index contributed by atoms with van der Waals surface area (Å²) in [7, 11) is 1.42. The Hall–Kier alpha value is -1.10. The van der Waals surface area contributed by atoms with Gasteiger partial charge in [0.1, 0.15) is 12.6 Å². The number of nitrogens with one attached hydrogen (secondary N) is 1. The molecule has 0 aliphatic carbocycles. The monoisotopic (exact) mass is 202 g/mol. The summed E-state index contributed by atoms with van der Waals surface area (Å²) in [5.74, 6) is -0.797. The highest BCUT2D eigenvalue weighted by molar-refractivity contribution is 5.87. The lowest BCUT2D eigenvalue weighted by Gasteiger charge is -2.20. The molecule has 0 heterocycles. The standard InChI is InChI=1S/C9H18N2O3/c1-4-6(2)8(9(10)13)11-7(12)5-14-3/h6,8H,4-5H2,1-3H3,(H2,10,13)(H,11,12)/t6-,8-/m0/s1. The van der Waals surface area contributed by atoms with Gasteiger partial charge in [-0.25, -0.2) is 0 Å². The molecule has 5 heteroatoms. The van der Waals surface area contributed by atoms with Crippen molar-refractivity contribution in [3.63, 3.8) is 0 Å². The van der Waals surface area contributed by atoms with Gasteiger partial charge >= 0.3 is 0 Å². The van der Waals surface area contributed by atoms with Crippen molar-refractivity contribution in [1.29, 1.82) is 0 Å². The van der Waals surface area contributed by atoms with Gasteiger partial charge in [-0.1, -0.05) is 20.3 Å². The van der Waals surface area contributed by atoms with Crippen LogP contribution in [0.5, 0.6) is 0 Å². The summed E-state index contributed by atoms with van der Waals surface area (Å²) < 4.78 is 4.63. The van der Waals surface area contributed by atoms with Crippen LogP contribution in [0.15, 0.2) is 0 Å². The van der Waals surface area contributed by atoms with Gasteiger partial charge in [-0.2, -0.15) is 0 Å². The molecule has 3 N–H and O–H groups in total. The van der Waals surface area contributed by atoms with Crippen LogP contribution in [0.3, 0.4) is 0 Å². The summed E-state index contributed by atoms with van der Waals surface area (Å²) >= 11 is 0. The van der Waals surface area contributed by atoms with Gasteiger partial charge in [0.05, 0.1) is 0 Å². The fourth-order valence-corrected chi connectivity index (χ4v) is 1.08. The third-order valence-corrected chi connectivity index (χ3v) is 2.11. The van der Waals surface area contributed by atoms with E-state index in [-0.39, 0.29) is 18.4 Å². The largest absolute Gasteiger partial charge is 0.375 e. The van der Waals surface area contributed by atoms with E-state index in [1.807, 2.05) is 13.8 Å². The molecule has 0 aromatic heterocycles. The lowest BCUT2D eigenvalue weighted by molar-refractivity contribution is -0.130. The molecule has 0 bridgehead atoms. The number of hydrogen-bond donors (Lipinski definition) is 2. The normalized spacial score (nSPS) is 14.5. The molecular weight excluding hydrogens is 184 g/mol. The van der Waals surface area contributed by atoms with Gasteiger partial charge in [-0.05, 0) is 5.92 Å². The number of primary amides is 1. The minimum Gasteiger partial charge on any atom is -0.375 e. The molecule has 2 atom stereocenters. The zero-order chi connectivity index (χ0) is 11.1. The molecule has 0 aromatic rings. The van der Waals surface area contributed by atoms with Gasteiger partial charge in [0.25, 0.3) is 0 Å². The third-order valence-electron chi connectivity index (χ3n) is 2.11. The number of carbonyl (C=O) groups excluding carboxylic acids is 2. The predicted molar refractivity (Wildman–Crippen MR) is 52.5 cm³/mol. The first-order valence-corrected chi connectivity index (χ1v) is 4.60.